The molecular formula is C16H25ClO3. The van der Waals surface area contributed by atoms with Crippen LogP contribution in [0.4, 0.5) is 0 Å². The highest BCUT2D eigenvalue weighted by molar-refractivity contribution is 6.33. The number of aliphatic hydroxyl groups excluding tert-OH is 1. The van der Waals surface area contributed by atoms with Crippen molar-refractivity contribution < 1.29 is 14.6 Å². The summed E-state index contributed by atoms with van der Waals surface area (Å²) >= 11 is 6.29. The molecule has 0 radical (unpaired) electrons. The fourth-order valence-corrected chi connectivity index (χ4v) is 2.62. The number of hydrogen-bond donors (Lipinski definition) is 1. The molecule has 0 bridgehead atoms. The molecular weight excluding hydrogens is 276 g/mol. The van der Waals surface area contributed by atoms with Crippen LogP contribution in [0.15, 0.2) is 12.1 Å². The third kappa shape index (κ3) is 4.57. The van der Waals surface area contributed by atoms with Crippen LogP contribution in [0.2, 0.25) is 5.02 Å². The highest BCUT2D eigenvalue weighted by atomic mass is 35.5. The zero-order valence-electron chi connectivity index (χ0n) is 12.6. The average Bonchev–Trinajstić information content (AvgIpc) is 2.46. The van der Waals surface area contributed by atoms with Gasteiger partial charge in [0.05, 0.1) is 25.3 Å². The van der Waals surface area contributed by atoms with Gasteiger partial charge in [0.2, 0.25) is 0 Å². The molecule has 0 aliphatic carbocycles. The van der Waals surface area contributed by atoms with E-state index >= 15 is 0 Å². The van der Waals surface area contributed by atoms with E-state index in [2.05, 4.69) is 6.92 Å². The van der Waals surface area contributed by atoms with Gasteiger partial charge in [0.25, 0.3) is 0 Å². The summed E-state index contributed by atoms with van der Waals surface area (Å²) in [4.78, 5) is 0. The maximum absolute atomic E-state index is 10.3. The van der Waals surface area contributed by atoms with Crippen molar-refractivity contribution in [2.75, 3.05) is 14.2 Å². The lowest BCUT2D eigenvalue weighted by Crippen LogP contribution is -2.01. The lowest BCUT2D eigenvalue weighted by molar-refractivity contribution is 0.163. The van der Waals surface area contributed by atoms with Crippen LogP contribution >= 0.6 is 11.6 Å². The molecule has 4 heteroatoms. The van der Waals surface area contributed by atoms with E-state index in [1.54, 1.807) is 26.4 Å². The Balaban J connectivity index is 2.66. The molecule has 1 aromatic carbocycles. The molecule has 1 aromatic rings. The first kappa shape index (κ1) is 17.1. The third-order valence-electron chi connectivity index (χ3n) is 3.46. The number of benzene rings is 1. The van der Waals surface area contributed by atoms with Crippen molar-refractivity contribution in [3.63, 3.8) is 0 Å². The Labute approximate surface area is 126 Å². The van der Waals surface area contributed by atoms with Gasteiger partial charge in [-0.1, -0.05) is 56.7 Å². The average molecular weight is 301 g/mol. The van der Waals surface area contributed by atoms with E-state index in [0.717, 1.165) is 19.3 Å². The summed E-state index contributed by atoms with van der Waals surface area (Å²) in [5, 5.41) is 10.7. The SMILES string of the molecule is CCCCCCCC(O)c1ccc(OC)c(OC)c1Cl. The van der Waals surface area contributed by atoms with Gasteiger partial charge in [-0.2, -0.15) is 0 Å². The Morgan fingerprint density at radius 2 is 1.80 bits per heavy atom. The smallest absolute Gasteiger partial charge is 0.179 e. The fourth-order valence-electron chi connectivity index (χ4n) is 2.26. The fraction of sp³-hybridized carbons (Fsp3) is 0.625. The maximum Gasteiger partial charge on any atom is 0.179 e. The summed E-state index contributed by atoms with van der Waals surface area (Å²) in [6.07, 6.45) is 6.03. The van der Waals surface area contributed by atoms with Gasteiger partial charge in [-0.3, -0.25) is 0 Å². The lowest BCUT2D eigenvalue weighted by atomic mass is 10.0. The predicted octanol–water partition coefficient (Wildman–Crippen LogP) is 4.75. The third-order valence-corrected chi connectivity index (χ3v) is 3.84. The minimum absolute atomic E-state index is 0.438. The van der Waals surface area contributed by atoms with Crippen LogP contribution in [-0.2, 0) is 0 Å². The minimum Gasteiger partial charge on any atom is -0.493 e. The Bertz CT molecular complexity index is 407. The molecule has 114 valence electrons. The van der Waals surface area contributed by atoms with Crippen molar-refractivity contribution in [1.82, 2.24) is 0 Å². The largest absolute Gasteiger partial charge is 0.493 e. The lowest BCUT2D eigenvalue weighted by Gasteiger charge is -2.16. The van der Waals surface area contributed by atoms with E-state index in [1.807, 2.05) is 0 Å². The second-order valence-corrected chi connectivity index (χ2v) is 5.30. The Hall–Kier alpha value is -0.930. The number of unbranched alkanes of at least 4 members (excludes halogenated alkanes) is 4. The molecule has 0 spiro atoms. The minimum atomic E-state index is -0.552. The van der Waals surface area contributed by atoms with Gasteiger partial charge in [-0.15, -0.1) is 0 Å². The first-order valence-corrected chi connectivity index (χ1v) is 7.61. The number of methoxy groups -OCH3 is 2. The summed E-state index contributed by atoms with van der Waals surface area (Å²) in [6.45, 7) is 2.19. The molecule has 1 atom stereocenters. The molecule has 0 amide bonds. The second-order valence-electron chi connectivity index (χ2n) is 4.92. The van der Waals surface area contributed by atoms with Crippen LogP contribution in [0.3, 0.4) is 0 Å². The van der Waals surface area contributed by atoms with Crippen LogP contribution in [0.5, 0.6) is 11.5 Å². The van der Waals surface area contributed by atoms with Crippen molar-refractivity contribution in [2.24, 2.45) is 0 Å². The van der Waals surface area contributed by atoms with E-state index in [9.17, 15) is 5.11 Å². The molecule has 20 heavy (non-hydrogen) atoms. The first-order chi connectivity index (χ1) is 9.65. The van der Waals surface area contributed by atoms with E-state index in [0.29, 0.717) is 22.1 Å². The van der Waals surface area contributed by atoms with E-state index in [1.165, 1.54) is 19.3 Å². The number of halogens is 1. The van der Waals surface area contributed by atoms with Gasteiger partial charge >= 0.3 is 0 Å². The molecule has 1 rings (SSSR count). The second kappa shape index (κ2) is 9.09. The Morgan fingerprint density at radius 3 is 2.40 bits per heavy atom. The number of ether oxygens (including phenoxy) is 2. The van der Waals surface area contributed by atoms with E-state index < -0.39 is 6.10 Å². The zero-order valence-corrected chi connectivity index (χ0v) is 13.4. The summed E-state index contributed by atoms with van der Waals surface area (Å²) in [6, 6.07) is 3.58. The normalized spacial score (nSPS) is 12.2. The van der Waals surface area contributed by atoms with Gasteiger partial charge < -0.3 is 14.6 Å². The standard InChI is InChI=1S/C16H25ClO3/c1-4-5-6-7-8-9-13(18)12-10-11-14(19-2)16(20-3)15(12)17/h10-11,13,18H,4-9H2,1-3H3. The highest BCUT2D eigenvalue weighted by Gasteiger charge is 2.18. The topological polar surface area (TPSA) is 38.7 Å². The molecule has 1 N–H and O–H groups in total. The number of rotatable bonds is 9. The Morgan fingerprint density at radius 1 is 1.10 bits per heavy atom. The van der Waals surface area contributed by atoms with Gasteiger partial charge in [0, 0.05) is 5.56 Å². The number of hydrogen-bond acceptors (Lipinski definition) is 3. The quantitative estimate of drug-likeness (QED) is 0.669. The summed E-state index contributed by atoms with van der Waals surface area (Å²) < 4.78 is 10.4. The van der Waals surface area contributed by atoms with Crippen LogP contribution in [-0.4, -0.2) is 19.3 Å². The molecule has 0 aromatic heterocycles. The molecule has 1 unspecified atom stereocenters. The molecule has 3 nitrogen and oxygen atoms in total. The van der Waals surface area contributed by atoms with Crippen molar-refractivity contribution in [3.05, 3.63) is 22.7 Å². The van der Waals surface area contributed by atoms with Crippen LogP contribution in [0.25, 0.3) is 0 Å². The molecule has 0 saturated carbocycles. The van der Waals surface area contributed by atoms with E-state index in [-0.39, 0.29) is 0 Å². The van der Waals surface area contributed by atoms with Gasteiger partial charge in [0.1, 0.15) is 0 Å². The van der Waals surface area contributed by atoms with Crippen molar-refractivity contribution >= 4 is 11.6 Å². The molecule has 0 fully saturated rings. The molecule has 0 aliphatic rings. The zero-order chi connectivity index (χ0) is 15.0. The molecule has 0 heterocycles. The molecule has 0 aliphatic heterocycles. The monoisotopic (exact) mass is 300 g/mol. The molecule has 0 saturated heterocycles. The Kier molecular flexibility index (Phi) is 7.78. The van der Waals surface area contributed by atoms with Gasteiger partial charge in [-0.05, 0) is 12.5 Å². The van der Waals surface area contributed by atoms with Gasteiger partial charge in [0.15, 0.2) is 11.5 Å². The van der Waals surface area contributed by atoms with Crippen LogP contribution in [0, 0.1) is 0 Å². The van der Waals surface area contributed by atoms with Crippen molar-refractivity contribution in [1.29, 1.82) is 0 Å². The van der Waals surface area contributed by atoms with Gasteiger partial charge in [-0.25, -0.2) is 0 Å². The maximum atomic E-state index is 10.3. The summed E-state index contributed by atoms with van der Waals surface area (Å²) in [7, 11) is 3.11. The highest BCUT2D eigenvalue weighted by Crippen LogP contribution is 2.40. The van der Waals surface area contributed by atoms with E-state index in [4.69, 9.17) is 21.1 Å². The van der Waals surface area contributed by atoms with Crippen LogP contribution in [0.1, 0.15) is 57.1 Å². The number of aliphatic hydroxyl groups is 1. The van der Waals surface area contributed by atoms with Crippen molar-refractivity contribution in [2.45, 2.75) is 51.6 Å². The van der Waals surface area contributed by atoms with Crippen molar-refractivity contribution in [3.8, 4) is 11.5 Å². The predicted molar refractivity (Wildman–Crippen MR) is 82.9 cm³/mol. The summed E-state index contributed by atoms with van der Waals surface area (Å²) in [5.74, 6) is 1.06. The summed E-state index contributed by atoms with van der Waals surface area (Å²) in [5.41, 5.74) is 0.708. The first-order valence-electron chi connectivity index (χ1n) is 7.24. The van der Waals surface area contributed by atoms with Crippen LogP contribution < -0.4 is 9.47 Å².